The molecule has 0 aromatic heterocycles. The minimum absolute atomic E-state index is 0.453. The van der Waals surface area contributed by atoms with Crippen LogP contribution in [0.3, 0.4) is 0 Å². The molecule has 0 unspecified atom stereocenters. The van der Waals surface area contributed by atoms with Crippen LogP contribution in [0.4, 0.5) is 0 Å². The fraction of sp³-hybridized carbons (Fsp3) is 0. The molecule has 0 spiro atoms. The van der Waals surface area contributed by atoms with E-state index in [-0.39, 0.29) is 0 Å². The van der Waals surface area contributed by atoms with Gasteiger partial charge in [0.2, 0.25) is 0 Å². The Labute approximate surface area is 447 Å². The van der Waals surface area contributed by atoms with E-state index in [1.165, 1.54) is 0 Å². The fourth-order valence-corrected chi connectivity index (χ4v) is 6080. The van der Waals surface area contributed by atoms with Crippen molar-refractivity contribution in [2.75, 3.05) is 0 Å². The fourth-order valence-electron chi connectivity index (χ4n) is 0.447. The molecule has 0 fully saturated rings. The summed E-state index contributed by atoms with van der Waals surface area (Å²) in [5.74, 6) is 0. The Bertz CT molecular complexity index is 531. The van der Waals surface area contributed by atoms with Crippen molar-refractivity contribution in [3.63, 3.8) is 0 Å². The van der Waals surface area contributed by atoms with Crippen molar-refractivity contribution in [1.82, 2.24) is 0 Å². The van der Waals surface area contributed by atoms with E-state index < -0.39 is 139 Å². The Morgan fingerprint density at radius 3 is 0.657 bits per heavy atom. The monoisotopic (exact) mass is 4440 g/mol. The van der Waals surface area contributed by atoms with E-state index in [0.717, 1.165) is 0 Å². The molecule has 0 aromatic rings. The molecule has 35 heavy (non-hydrogen) atoms. The maximum atomic E-state index is 8.53. The van der Waals surface area contributed by atoms with Crippen molar-refractivity contribution in [3.8, 4) is 0 Å². The summed E-state index contributed by atoms with van der Waals surface area (Å²) < 4.78 is 8.53. The van der Waals surface area contributed by atoms with Gasteiger partial charge in [-0.1, -0.05) is 0 Å². The molecule has 0 rings (SSSR count). The maximum absolute atomic E-state index is 8.53. The van der Waals surface area contributed by atoms with Crippen LogP contribution in [0.15, 0.2) is 0 Å². The second kappa shape index (κ2) is 36.7. The molecule has 0 aliphatic carbocycles. The van der Waals surface area contributed by atoms with Crippen molar-refractivity contribution >= 4 is 474 Å². The first-order valence-electron chi connectivity index (χ1n) is 5.24. The molecular weight excluding hydrogens is 4440 g/mol. The second-order valence-corrected chi connectivity index (χ2v) is 799. The van der Waals surface area contributed by atoms with Gasteiger partial charge >= 0.3 is 475 Å². The average Bonchev–Trinajstić information content (AvgIpc) is 2.85. The summed E-state index contributed by atoms with van der Waals surface area (Å²) in [5, 5.41) is 0. The molecular formula is HI35. The Kier molecular flexibility index (Phi) is 61.5. The quantitative estimate of drug-likeness (QED) is 0.135. The topological polar surface area (TPSA) is 0 Å². The summed E-state index contributed by atoms with van der Waals surface area (Å²) in [7, 11) is -8.83. The Balaban J connectivity index is 5.33. The number of halogens is 35. The van der Waals surface area contributed by atoms with Gasteiger partial charge in [-0.3, -0.25) is 0 Å². The van der Waals surface area contributed by atoms with Crippen molar-refractivity contribution in [2.24, 2.45) is 0 Å². The summed E-state index contributed by atoms with van der Waals surface area (Å²) in [6.45, 7) is 0. The SMILES string of the molecule is [2H]I(I)I(I)I(I)I(I)I(I)I(I)I(I)I(I)I(I)I(I)I(I)I(I)I(I)I(I)I(I)I(I)I(I)I. The standard InChI is InChI=1S/HI35/c1-19-21(4)23(6)25(8)27(10)29(12)31(14)33(16)35(18)34(17)32(15)30(13)28(11)26(9)24(7)22(5)20(2)3/h19H/i19D. The van der Waals surface area contributed by atoms with E-state index in [9.17, 15) is 0 Å². The van der Waals surface area contributed by atoms with Crippen LogP contribution in [0.1, 0.15) is 0 Å². The normalized spacial score (nSPS) is 19.1. The summed E-state index contributed by atoms with van der Waals surface area (Å²) in [4.78, 5) is 0. The molecule has 0 aromatic carbocycles. The molecule has 0 amide bonds. The predicted molar refractivity (Wildman–Crippen MR) is 492 cm³/mol. The first-order valence-corrected chi connectivity index (χ1v) is 219. The van der Waals surface area contributed by atoms with E-state index in [2.05, 4.69) is 335 Å². The number of rotatable bonds is 16. The molecule has 0 nitrogen and oxygen atoms in total. The van der Waals surface area contributed by atoms with Gasteiger partial charge in [0.15, 0.2) is 0 Å². The molecule has 0 aliphatic heterocycles. The van der Waals surface area contributed by atoms with Gasteiger partial charge in [-0.05, 0) is 0 Å². The summed E-state index contributed by atoms with van der Waals surface area (Å²) in [5.41, 5.74) is 0. The first kappa shape index (κ1) is 58.6. The van der Waals surface area contributed by atoms with Crippen LogP contribution < -0.4 is 0 Å². The zero-order chi connectivity index (χ0) is 28.8. The van der Waals surface area contributed by atoms with E-state index >= 15 is 0 Å². The number of hydrogen-bond acceptors (Lipinski definition) is 0. The van der Waals surface area contributed by atoms with E-state index in [1.54, 1.807) is 0 Å². The summed E-state index contributed by atoms with van der Waals surface area (Å²) in [6.07, 6.45) is 0. The van der Waals surface area contributed by atoms with Crippen LogP contribution in [-0.2, 0) is 0 Å². The van der Waals surface area contributed by atoms with Gasteiger partial charge < -0.3 is 0 Å². The zero-order valence-corrected chi connectivity index (χ0v) is 88.7. The third-order valence-corrected chi connectivity index (χ3v) is 2560. The second-order valence-electron chi connectivity index (χ2n) is 2.65. The van der Waals surface area contributed by atoms with Crippen LogP contribution in [0.5, 0.6) is 0 Å². The molecule has 35 heteroatoms. The molecule has 0 aliphatic rings. The van der Waals surface area contributed by atoms with E-state index in [4.69, 9.17) is 0.594 Å². The van der Waals surface area contributed by atoms with Crippen molar-refractivity contribution < 1.29 is 0 Å². The van der Waals surface area contributed by atoms with E-state index in [1.807, 2.05) is 0 Å². The molecule has 0 N–H and O–H groups in total. The van der Waals surface area contributed by atoms with Gasteiger partial charge in [-0.25, -0.2) is 0 Å². The van der Waals surface area contributed by atoms with Crippen LogP contribution in [0.25, 0.3) is 0 Å². The van der Waals surface area contributed by atoms with Gasteiger partial charge in [0.1, 0.15) is 0 Å². The van der Waals surface area contributed by atoms with Crippen molar-refractivity contribution in [2.45, 2.75) is 0 Å². The van der Waals surface area contributed by atoms with Gasteiger partial charge in [0.05, 0.1) is 0 Å². The van der Waals surface area contributed by atoms with Crippen LogP contribution >= 0.6 is 474 Å². The molecule has 0 atom stereocenters. The van der Waals surface area contributed by atoms with Gasteiger partial charge in [-0.15, -0.1) is 0 Å². The Morgan fingerprint density at radius 2 is 0.486 bits per heavy atom. The van der Waals surface area contributed by atoms with Crippen molar-refractivity contribution in [1.29, 1.82) is 0.594 Å². The third kappa shape index (κ3) is 25.7. The van der Waals surface area contributed by atoms with E-state index in [0.29, 0.717) is 0 Å². The summed E-state index contributed by atoms with van der Waals surface area (Å²) >= 11 is 55.5. The molecule has 246 valence electrons. The third-order valence-electron chi connectivity index (χ3n) is 1.27. The molecule has 0 radical (unpaired) electrons. The van der Waals surface area contributed by atoms with Crippen molar-refractivity contribution in [3.05, 3.63) is 0 Å². The molecule has 0 saturated heterocycles. The molecule has 0 heterocycles. The number of hydrogen-bond donors (Lipinski definition) is 0. The zero-order valence-electron chi connectivity index (χ0n) is 14.2. The minimum atomic E-state index is -1.21. The predicted octanol–water partition coefficient (Wildman–Crippen LogP) is 30.7. The van der Waals surface area contributed by atoms with Crippen LogP contribution in [-0.4, -0.2) is 0.594 Å². The van der Waals surface area contributed by atoms with Crippen LogP contribution in [0.2, 0.25) is 0 Å². The van der Waals surface area contributed by atoms with Gasteiger partial charge in [0.25, 0.3) is 0 Å². The average molecular weight is 4440 g/mol. The molecule has 0 bridgehead atoms. The summed E-state index contributed by atoms with van der Waals surface area (Å²) in [6, 6.07) is 0. The van der Waals surface area contributed by atoms with Gasteiger partial charge in [0, 0.05) is 0 Å². The van der Waals surface area contributed by atoms with Gasteiger partial charge in [-0.2, -0.15) is 0 Å². The van der Waals surface area contributed by atoms with Crippen LogP contribution in [0, 0.1) is 0 Å². The molecule has 0 saturated carbocycles. The Hall–Kier alpha value is 25.6. The Morgan fingerprint density at radius 1 is 0.314 bits per heavy atom. The first-order chi connectivity index (χ1) is 16.3.